The van der Waals surface area contributed by atoms with E-state index in [0.717, 1.165) is 16.5 Å². The summed E-state index contributed by atoms with van der Waals surface area (Å²) in [4.78, 5) is 21.5. The largest absolute Gasteiger partial charge is 0.274 e. The van der Waals surface area contributed by atoms with Gasteiger partial charge in [0.15, 0.2) is 0 Å². The molecule has 1 N–H and O–H groups in total. The first-order valence-electron chi connectivity index (χ1n) is 6.64. The van der Waals surface area contributed by atoms with E-state index in [2.05, 4.69) is 10.5 Å². The van der Waals surface area contributed by atoms with E-state index in [0.29, 0.717) is 12.2 Å². The van der Waals surface area contributed by atoms with Gasteiger partial charge in [0.1, 0.15) is 0 Å². The maximum absolute atomic E-state index is 12.0. The second-order valence-electron chi connectivity index (χ2n) is 4.62. The summed E-state index contributed by atoms with van der Waals surface area (Å²) in [5, 5.41) is 0.924. The van der Waals surface area contributed by atoms with Gasteiger partial charge in [-0.2, -0.15) is 0 Å². The van der Waals surface area contributed by atoms with Crippen LogP contribution in [0.5, 0.6) is 0 Å². The zero-order chi connectivity index (χ0) is 14.5. The van der Waals surface area contributed by atoms with Crippen LogP contribution in [0, 0.1) is 0 Å². The average molecular weight is 278 g/mol. The van der Waals surface area contributed by atoms with Crippen LogP contribution in [0.25, 0.3) is 10.9 Å². The molecular formula is C17H14N2O2. The number of carbonyl (C=O) groups is 1. The standard InChI is InChI=1S/C17H14N2O2/c20-17(19-21-12-13-5-2-1-3-6-13)15-8-9-16-14(11-15)7-4-10-18-16/h1-11H,12H2,(H,19,20). The number of pyridine rings is 1. The predicted octanol–water partition coefficient (Wildman–Crippen LogP) is 3.10. The zero-order valence-electron chi connectivity index (χ0n) is 11.3. The molecule has 1 aromatic heterocycles. The Morgan fingerprint density at radius 2 is 1.90 bits per heavy atom. The molecule has 1 amide bonds. The summed E-state index contributed by atoms with van der Waals surface area (Å²) < 4.78 is 0. The minimum absolute atomic E-state index is 0.267. The number of hydroxylamine groups is 1. The second kappa shape index (κ2) is 6.15. The Hall–Kier alpha value is -2.72. The molecule has 0 saturated carbocycles. The Labute approximate surface area is 122 Å². The highest BCUT2D eigenvalue weighted by molar-refractivity contribution is 5.97. The van der Waals surface area contributed by atoms with Gasteiger partial charge in [-0.05, 0) is 29.8 Å². The lowest BCUT2D eigenvalue weighted by molar-refractivity contribution is 0.0233. The maximum Gasteiger partial charge on any atom is 0.274 e. The third-order valence-corrected chi connectivity index (χ3v) is 3.11. The van der Waals surface area contributed by atoms with Crippen LogP contribution in [-0.2, 0) is 11.4 Å². The van der Waals surface area contributed by atoms with E-state index in [4.69, 9.17) is 4.84 Å². The molecule has 4 nitrogen and oxygen atoms in total. The van der Waals surface area contributed by atoms with Crippen LogP contribution in [0.2, 0.25) is 0 Å². The van der Waals surface area contributed by atoms with Crippen molar-refractivity contribution in [3.63, 3.8) is 0 Å². The molecule has 0 aliphatic carbocycles. The van der Waals surface area contributed by atoms with Crippen molar-refractivity contribution in [3.05, 3.63) is 78.0 Å². The highest BCUT2D eigenvalue weighted by Gasteiger charge is 2.06. The Morgan fingerprint density at radius 1 is 1.05 bits per heavy atom. The van der Waals surface area contributed by atoms with Gasteiger partial charge in [-0.3, -0.25) is 14.6 Å². The smallest absolute Gasteiger partial charge is 0.269 e. The van der Waals surface area contributed by atoms with Gasteiger partial charge < -0.3 is 0 Å². The number of amides is 1. The summed E-state index contributed by atoms with van der Waals surface area (Å²) >= 11 is 0. The fourth-order valence-electron chi connectivity index (χ4n) is 2.03. The number of rotatable bonds is 4. The fourth-order valence-corrected chi connectivity index (χ4v) is 2.03. The monoisotopic (exact) mass is 278 g/mol. The molecular weight excluding hydrogens is 264 g/mol. The van der Waals surface area contributed by atoms with Gasteiger partial charge in [0.25, 0.3) is 5.91 Å². The number of nitrogens with one attached hydrogen (secondary N) is 1. The van der Waals surface area contributed by atoms with Crippen molar-refractivity contribution in [1.29, 1.82) is 0 Å². The van der Waals surface area contributed by atoms with Gasteiger partial charge in [-0.25, -0.2) is 5.48 Å². The van der Waals surface area contributed by atoms with Crippen LogP contribution in [0.15, 0.2) is 66.9 Å². The summed E-state index contributed by atoms with van der Waals surface area (Å²) in [6.45, 7) is 0.335. The summed E-state index contributed by atoms with van der Waals surface area (Å²) in [6, 6.07) is 18.8. The molecule has 0 aliphatic rings. The van der Waals surface area contributed by atoms with Gasteiger partial charge in [0.05, 0.1) is 12.1 Å². The summed E-state index contributed by atoms with van der Waals surface area (Å²) in [5.41, 5.74) is 4.86. The van der Waals surface area contributed by atoms with Crippen molar-refractivity contribution >= 4 is 16.8 Å². The van der Waals surface area contributed by atoms with Crippen LogP contribution in [0.4, 0.5) is 0 Å². The van der Waals surface area contributed by atoms with Gasteiger partial charge >= 0.3 is 0 Å². The predicted molar refractivity (Wildman–Crippen MR) is 80.4 cm³/mol. The number of fused-ring (bicyclic) bond motifs is 1. The molecule has 3 aromatic rings. The third kappa shape index (κ3) is 3.24. The van der Waals surface area contributed by atoms with Crippen molar-refractivity contribution < 1.29 is 9.63 Å². The number of hydrogen-bond donors (Lipinski definition) is 1. The van der Waals surface area contributed by atoms with E-state index in [1.165, 1.54) is 0 Å². The van der Waals surface area contributed by atoms with Gasteiger partial charge in [0, 0.05) is 17.1 Å². The van der Waals surface area contributed by atoms with Crippen LogP contribution in [-0.4, -0.2) is 10.9 Å². The minimum atomic E-state index is -0.267. The lowest BCUT2D eigenvalue weighted by atomic mass is 10.1. The van der Waals surface area contributed by atoms with E-state index in [9.17, 15) is 4.79 Å². The number of hydrogen-bond acceptors (Lipinski definition) is 3. The third-order valence-electron chi connectivity index (χ3n) is 3.11. The van der Waals surface area contributed by atoms with E-state index >= 15 is 0 Å². The molecule has 0 unspecified atom stereocenters. The van der Waals surface area contributed by atoms with Crippen molar-refractivity contribution in [2.45, 2.75) is 6.61 Å². The quantitative estimate of drug-likeness (QED) is 0.746. The highest BCUT2D eigenvalue weighted by Crippen LogP contribution is 2.13. The number of nitrogens with zero attached hydrogens (tertiary/aromatic N) is 1. The van der Waals surface area contributed by atoms with Crippen LogP contribution in [0.1, 0.15) is 15.9 Å². The molecule has 0 fully saturated rings. The van der Waals surface area contributed by atoms with Crippen molar-refractivity contribution in [2.24, 2.45) is 0 Å². The minimum Gasteiger partial charge on any atom is -0.269 e. The van der Waals surface area contributed by atoms with Gasteiger partial charge in [-0.15, -0.1) is 0 Å². The number of aromatic nitrogens is 1. The molecule has 0 saturated heterocycles. The lowest BCUT2D eigenvalue weighted by Gasteiger charge is -2.06. The average Bonchev–Trinajstić information content (AvgIpc) is 2.55. The molecule has 0 atom stereocenters. The first kappa shape index (κ1) is 13.3. The molecule has 0 aliphatic heterocycles. The normalized spacial score (nSPS) is 10.5. The van der Waals surface area contributed by atoms with E-state index in [-0.39, 0.29) is 5.91 Å². The van der Waals surface area contributed by atoms with Crippen LogP contribution >= 0.6 is 0 Å². The molecule has 1 heterocycles. The summed E-state index contributed by atoms with van der Waals surface area (Å²) in [6.07, 6.45) is 1.73. The molecule has 0 radical (unpaired) electrons. The molecule has 4 heteroatoms. The first-order valence-corrected chi connectivity index (χ1v) is 6.64. The van der Waals surface area contributed by atoms with Crippen molar-refractivity contribution in [3.8, 4) is 0 Å². The number of benzene rings is 2. The van der Waals surface area contributed by atoms with E-state index in [1.54, 1.807) is 18.3 Å². The Kier molecular flexibility index (Phi) is 3.89. The van der Waals surface area contributed by atoms with Gasteiger partial charge in [-0.1, -0.05) is 36.4 Å². The maximum atomic E-state index is 12.0. The van der Waals surface area contributed by atoms with Crippen LogP contribution < -0.4 is 5.48 Å². The lowest BCUT2D eigenvalue weighted by Crippen LogP contribution is -2.23. The second-order valence-corrected chi connectivity index (χ2v) is 4.62. The Balaban J connectivity index is 1.64. The van der Waals surface area contributed by atoms with Crippen molar-refractivity contribution in [2.75, 3.05) is 0 Å². The van der Waals surface area contributed by atoms with E-state index < -0.39 is 0 Å². The summed E-state index contributed by atoms with van der Waals surface area (Å²) in [5.74, 6) is -0.267. The molecule has 3 rings (SSSR count). The zero-order valence-corrected chi connectivity index (χ0v) is 11.3. The number of carbonyl (C=O) groups excluding carboxylic acids is 1. The summed E-state index contributed by atoms with van der Waals surface area (Å²) in [7, 11) is 0. The highest BCUT2D eigenvalue weighted by atomic mass is 16.6. The Morgan fingerprint density at radius 3 is 2.76 bits per heavy atom. The Bertz CT molecular complexity index is 757. The van der Waals surface area contributed by atoms with Crippen molar-refractivity contribution in [1.82, 2.24) is 10.5 Å². The molecule has 21 heavy (non-hydrogen) atoms. The van der Waals surface area contributed by atoms with Crippen LogP contribution in [0.3, 0.4) is 0 Å². The topological polar surface area (TPSA) is 51.2 Å². The van der Waals surface area contributed by atoms with Gasteiger partial charge in [0.2, 0.25) is 0 Å². The molecule has 0 spiro atoms. The molecule has 0 bridgehead atoms. The molecule has 104 valence electrons. The first-order chi connectivity index (χ1) is 10.3. The SMILES string of the molecule is O=C(NOCc1ccccc1)c1ccc2ncccc2c1. The fraction of sp³-hybridized carbons (Fsp3) is 0.0588. The molecule has 2 aromatic carbocycles. The van der Waals surface area contributed by atoms with E-state index in [1.807, 2.05) is 48.5 Å².